The minimum atomic E-state index is 0.0233. The molecule has 45 heavy (non-hydrogen) atoms. The van der Waals surface area contributed by atoms with E-state index >= 15 is 0 Å². The molecule has 6 aromatic carbocycles. The summed E-state index contributed by atoms with van der Waals surface area (Å²) in [6, 6.07) is 41.6. The highest BCUT2D eigenvalue weighted by molar-refractivity contribution is 7.21. The monoisotopic (exact) mass is 602 g/mol. The van der Waals surface area contributed by atoms with Gasteiger partial charge in [0, 0.05) is 22.9 Å². The Balaban J connectivity index is 1.33. The standard InChI is InChI=1S/C42H38N2S/c1-27(2)22-28-18-20-29(21-19-28)37-24-32(42(3,4)5)25-39-40(37)44-41(45-39)36-16-10-11-17-38(36)43-26-31-23-30-12-6-7-13-33(30)35-15-9-8-14-34(31)35/h6-21,23-27H,22H2,1-5H3. The fraction of sp³-hybridized carbons (Fsp3) is 0.190. The van der Waals surface area contributed by atoms with E-state index in [1.807, 2.05) is 6.21 Å². The predicted octanol–water partition coefficient (Wildman–Crippen LogP) is 12.2. The highest BCUT2D eigenvalue weighted by Crippen LogP contribution is 2.42. The molecule has 0 unspecified atom stereocenters. The van der Waals surface area contributed by atoms with Crippen molar-refractivity contribution in [3.8, 4) is 21.7 Å². The van der Waals surface area contributed by atoms with Gasteiger partial charge in [0.1, 0.15) is 5.01 Å². The topological polar surface area (TPSA) is 25.2 Å². The Hall–Kier alpha value is -4.60. The largest absolute Gasteiger partial charge is 0.256 e. The Morgan fingerprint density at radius 1 is 0.733 bits per heavy atom. The zero-order chi connectivity index (χ0) is 31.1. The molecule has 222 valence electrons. The Morgan fingerprint density at radius 2 is 1.42 bits per heavy atom. The van der Waals surface area contributed by atoms with Crippen LogP contribution in [0.15, 0.2) is 120 Å². The molecule has 0 amide bonds. The van der Waals surface area contributed by atoms with Gasteiger partial charge in [0.2, 0.25) is 0 Å². The summed E-state index contributed by atoms with van der Waals surface area (Å²) >= 11 is 1.76. The van der Waals surface area contributed by atoms with Gasteiger partial charge in [0.05, 0.1) is 15.9 Å². The van der Waals surface area contributed by atoms with E-state index in [2.05, 4.69) is 150 Å². The summed E-state index contributed by atoms with van der Waals surface area (Å²) in [6.45, 7) is 11.4. The number of nitrogens with zero attached hydrogens (tertiary/aromatic N) is 2. The van der Waals surface area contributed by atoms with Crippen molar-refractivity contribution in [1.29, 1.82) is 0 Å². The average Bonchev–Trinajstić information content (AvgIpc) is 3.47. The molecule has 2 nitrogen and oxygen atoms in total. The van der Waals surface area contributed by atoms with E-state index in [0.29, 0.717) is 5.92 Å². The van der Waals surface area contributed by atoms with Crippen LogP contribution in [0.4, 0.5) is 5.69 Å². The maximum atomic E-state index is 5.30. The van der Waals surface area contributed by atoms with Gasteiger partial charge in [-0.3, -0.25) is 4.99 Å². The maximum absolute atomic E-state index is 5.30. The van der Waals surface area contributed by atoms with Crippen molar-refractivity contribution in [3.05, 3.63) is 132 Å². The molecule has 1 aromatic heterocycles. The highest BCUT2D eigenvalue weighted by Gasteiger charge is 2.20. The average molecular weight is 603 g/mol. The van der Waals surface area contributed by atoms with Crippen LogP contribution in [0, 0.1) is 5.92 Å². The van der Waals surface area contributed by atoms with Crippen LogP contribution in [0.5, 0.6) is 0 Å². The smallest absolute Gasteiger partial charge is 0.126 e. The van der Waals surface area contributed by atoms with E-state index in [9.17, 15) is 0 Å². The van der Waals surface area contributed by atoms with Crippen LogP contribution in [0.1, 0.15) is 51.3 Å². The van der Waals surface area contributed by atoms with Crippen LogP contribution >= 0.6 is 11.3 Å². The minimum Gasteiger partial charge on any atom is -0.256 e. The molecule has 0 aliphatic heterocycles. The first-order chi connectivity index (χ1) is 21.7. The number of para-hydroxylation sites is 1. The van der Waals surface area contributed by atoms with Gasteiger partial charge in [-0.05, 0) is 86.3 Å². The van der Waals surface area contributed by atoms with Crippen molar-refractivity contribution in [2.45, 2.75) is 46.5 Å². The number of aromatic nitrogens is 1. The number of fused-ring (bicyclic) bond motifs is 4. The molecule has 0 radical (unpaired) electrons. The van der Waals surface area contributed by atoms with Crippen LogP contribution in [0.2, 0.25) is 0 Å². The van der Waals surface area contributed by atoms with Crippen molar-refractivity contribution >= 4 is 55.0 Å². The fourth-order valence-corrected chi connectivity index (χ4v) is 7.25. The molecule has 7 aromatic rings. The first kappa shape index (κ1) is 29.1. The molecule has 0 aliphatic rings. The lowest BCUT2D eigenvalue weighted by atomic mass is 9.85. The number of rotatable bonds is 6. The van der Waals surface area contributed by atoms with E-state index in [0.717, 1.165) is 33.8 Å². The van der Waals surface area contributed by atoms with Gasteiger partial charge in [-0.1, -0.05) is 120 Å². The molecule has 0 atom stereocenters. The van der Waals surface area contributed by atoms with Crippen molar-refractivity contribution in [2.24, 2.45) is 10.9 Å². The van der Waals surface area contributed by atoms with Crippen LogP contribution < -0.4 is 0 Å². The summed E-state index contributed by atoms with van der Waals surface area (Å²) in [5, 5.41) is 5.92. The third-order valence-corrected chi connectivity index (χ3v) is 9.58. The maximum Gasteiger partial charge on any atom is 0.126 e. The number of thiazole rings is 1. The number of aliphatic imine (C=N–C) groups is 1. The molecule has 0 N–H and O–H groups in total. The zero-order valence-corrected chi connectivity index (χ0v) is 27.5. The predicted molar refractivity (Wildman–Crippen MR) is 196 cm³/mol. The molecule has 0 saturated heterocycles. The normalized spacial score (nSPS) is 12.3. The van der Waals surface area contributed by atoms with Crippen molar-refractivity contribution in [2.75, 3.05) is 0 Å². The first-order valence-electron chi connectivity index (χ1n) is 15.8. The third kappa shape index (κ3) is 5.81. The highest BCUT2D eigenvalue weighted by atomic mass is 32.1. The van der Waals surface area contributed by atoms with Gasteiger partial charge >= 0.3 is 0 Å². The molecular weight excluding hydrogens is 565 g/mol. The SMILES string of the molecule is CC(C)Cc1ccc(-c2cc(C(C)(C)C)cc3sc(-c4ccccc4N=Cc4cc5ccccc5c5ccccc45)nc23)cc1. The molecule has 0 fully saturated rings. The van der Waals surface area contributed by atoms with Crippen LogP contribution in [-0.4, -0.2) is 11.2 Å². The number of hydrogen-bond donors (Lipinski definition) is 0. The molecule has 0 saturated carbocycles. The van der Waals surface area contributed by atoms with Gasteiger partial charge < -0.3 is 0 Å². The van der Waals surface area contributed by atoms with Crippen LogP contribution in [-0.2, 0) is 11.8 Å². The Labute approximate surface area is 270 Å². The lowest BCUT2D eigenvalue weighted by Gasteiger charge is -2.20. The fourth-order valence-electron chi connectivity index (χ4n) is 6.19. The summed E-state index contributed by atoms with van der Waals surface area (Å²) in [7, 11) is 0. The van der Waals surface area contributed by atoms with Gasteiger partial charge in [-0.25, -0.2) is 4.98 Å². The van der Waals surface area contributed by atoms with Gasteiger partial charge in [-0.2, -0.15) is 0 Å². The Morgan fingerprint density at radius 3 is 2.18 bits per heavy atom. The molecule has 1 heterocycles. The second-order valence-corrected chi connectivity index (χ2v) is 14.5. The van der Waals surface area contributed by atoms with Gasteiger partial charge in [0.15, 0.2) is 0 Å². The minimum absolute atomic E-state index is 0.0233. The molecule has 7 rings (SSSR count). The lowest BCUT2D eigenvalue weighted by molar-refractivity contribution is 0.591. The Kier molecular flexibility index (Phi) is 7.59. The molecule has 3 heteroatoms. The third-order valence-electron chi connectivity index (χ3n) is 8.55. The Bertz CT molecular complexity index is 2190. The summed E-state index contributed by atoms with van der Waals surface area (Å²) < 4.78 is 1.21. The molecule has 0 bridgehead atoms. The zero-order valence-electron chi connectivity index (χ0n) is 26.6. The number of hydrogen-bond acceptors (Lipinski definition) is 3. The molecule has 0 aliphatic carbocycles. The molecule has 0 spiro atoms. The quantitative estimate of drug-likeness (QED) is 0.137. The van der Waals surface area contributed by atoms with Gasteiger partial charge in [0.25, 0.3) is 0 Å². The van der Waals surface area contributed by atoms with E-state index < -0.39 is 0 Å². The summed E-state index contributed by atoms with van der Waals surface area (Å²) in [5.41, 5.74) is 9.27. The van der Waals surface area contributed by atoms with E-state index in [-0.39, 0.29) is 5.41 Å². The van der Waals surface area contributed by atoms with E-state index in [4.69, 9.17) is 9.98 Å². The van der Waals surface area contributed by atoms with Crippen molar-refractivity contribution < 1.29 is 0 Å². The second-order valence-electron chi connectivity index (χ2n) is 13.4. The van der Waals surface area contributed by atoms with Gasteiger partial charge in [-0.15, -0.1) is 11.3 Å². The van der Waals surface area contributed by atoms with Crippen molar-refractivity contribution in [1.82, 2.24) is 4.98 Å². The first-order valence-corrected chi connectivity index (χ1v) is 16.6. The second kappa shape index (κ2) is 11.7. The van der Waals surface area contributed by atoms with E-state index in [1.165, 1.54) is 48.5 Å². The lowest BCUT2D eigenvalue weighted by Crippen LogP contribution is -2.11. The van der Waals surface area contributed by atoms with E-state index in [1.54, 1.807) is 11.3 Å². The number of benzene rings is 6. The van der Waals surface area contributed by atoms with Crippen LogP contribution in [0.25, 0.3) is 53.5 Å². The van der Waals surface area contributed by atoms with Crippen molar-refractivity contribution in [3.63, 3.8) is 0 Å². The van der Waals surface area contributed by atoms with Crippen LogP contribution in [0.3, 0.4) is 0 Å². The summed E-state index contributed by atoms with van der Waals surface area (Å²) in [4.78, 5) is 10.4. The summed E-state index contributed by atoms with van der Waals surface area (Å²) in [6.07, 6.45) is 3.10. The molecular formula is C42H38N2S. The summed E-state index contributed by atoms with van der Waals surface area (Å²) in [5.74, 6) is 0.635.